The molecule has 0 atom stereocenters. The summed E-state index contributed by atoms with van der Waals surface area (Å²) in [6, 6.07) is 11.1. The molecule has 0 aliphatic carbocycles. The average molecular weight is 205 g/mol. The van der Waals surface area contributed by atoms with Crippen LogP contribution in [0.5, 0.6) is 0 Å². The van der Waals surface area contributed by atoms with E-state index in [1.165, 1.54) is 31.2 Å². The van der Waals surface area contributed by atoms with E-state index in [2.05, 4.69) is 25.1 Å². The number of hydrogen-bond acceptors (Lipinski definition) is 1. The molecule has 1 rings (SSSR count). The highest BCUT2D eigenvalue weighted by Gasteiger charge is 1.92. The Bertz CT molecular complexity index is 230. The molecule has 1 nitrogen and oxygen atoms in total. The molecule has 0 aromatic heterocycles. The minimum Gasteiger partial charge on any atom is -0.381 e. The number of hydrogen-bond donors (Lipinski definition) is 0. The van der Waals surface area contributed by atoms with Gasteiger partial charge in [0.1, 0.15) is 0 Å². The van der Waals surface area contributed by atoms with Crippen molar-refractivity contribution >= 4 is 0 Å². The van der Waals surface area contributed by atoms with Gasteiger partial charge in [-0.15, -0.1) is 0 Å². The van der Waals surface area contributed by atoms with Gasteiger partial charge >= 0.3 is 0 Å². The fourth-order valence-corrected chi connectivity index (χ4v) is 1.51. The molecular weight excluding hydrogens is 184 g/mol. The fourth-order valence-electron chi connectivity index (χ4n) is 1.51. The van der Waals surface area contributed by atoms with Gasteiger partial charge in [-0.1, -0.05) is 50.5 Å². The zero-order valence-corrected chi connectivity index (χ0v) is 9.67. The van der Waals surface area contributed by atoms with Crippen molar-refractivity contribution in [2.75, 3.05) is 13.2 Å². The third-order valence-corrected chi connectivity index (χ3v) is 2.46. The minimum atomic E-state index is 0.843. The van der Waals surface area contributed by atoms with Crippen LogP contribution < -0.4 is 0 Å². The highest BCUT2D eigenvalue weighted by atomic mass is 16.5. The number of ether oxygens (including phenoxy) is 1. The summed E-state index contributed by atoms with van der Waals surface area (Å²) in [4.78, 5) is 0. The normalized spacial score (nSPS) is 10.5. The summed E-state index contributed by atoms with van der Waals surface area (Å²) in [7, 11) is 0. The van der Waals surface area contributed by atoms with E-state index in [4.69, 9.17) is 4.74 Å². The Morgan fingerprint density at radius 3 is 2.60 bits per heavy atom. The Kier molecular flexibility index (Phi) is 6.93. The summed E-state index contributed by atoms with van der Waals surface area (Å²) in [6.45, 7) is 3.99. The van der Waals surface area contributed by atoms with Crippen LogP contribution in [-0.4, -0.2) is 13.2 Å². The van der Waals surface area contributed by atoms with E-state index in [9.17, 15) is 0 Å². The van der Waals surface area contributed by atoms with Crippen LogP contribution in [-0.2, 0) is 11.2 Å². The van der Waals surface area contributed by atoms with E-state index >= 15 is 0 Å². The highest BCUT2D eigenvalue weighted by Crippen LogP contribution is 2.01. The van der Waals surface area contributed by atoms with E-state index in [-0.39, 0.29) is 0 Å². The van der Waals surface area contributed by atoms with E-state index < -0.39 is 0 Å². The van der Waals surface area contributed by atoms with Crippen LogP contribution in [0.15, 0.2) is 24.3 Å². The van der Waals surface area contributed by atoms with Crippen molar-refractivity contribution in [3.05, 3.63) is 35.9 Å². The molecule has 0 unspecified atom stereocenters. The van der Waals surface area contributed by atoms with Crippen LogP contribution in [0.2, 0.25) is 0 Å². The SMILES string of the molecule is CCCCCCOCCc1cc[c]cc1. The molecule has 1 heteroatoms. The van der Waals surface area contributed by atoms with Crippen LogP contribution in [0.25, 0.3) is 0 Å². The standard InChI is InChI=1S/C14H21O/c1-2-3-4-8-12-15-13-11-14-9-6-5-7-10-14/h6-7,9-10H,2-4,8,11-13H2,1H3. The van der Waals surface area contributed by atoms with Crippen LogP contribution in [0.3, 0.4) is 0 Å². The molecule has 0 amide bonds. The number of rotatable bonds is 8. The molecule has 83 valence electrons. The molecule has 1 radical (unpaired) electrons. The van der Waals surface area contributed by atoms with E-state index in [0.717, 1.165) is 19.6 Å². The molecule has 0 aliphatic rings. The molecule has 1 aromatic rings. The van der Waals surface area contributed by atoms with Gasteiger partial charge in [-0.25, -0.2) is 0 Å². The van der Waals surface area contributed by atoms with Crippen molar-refractivity contribution in [3.8, 4) is 0 Å². The van der Waals surface area contributed by atoms with Crippen molar-refractivity contribution in [3.63, 3.8) is 0 Å². The fraction of sp³-hybridized carbons (Fsp3) is 0.571. The molecule has 0 fully saturated rings. The second-order valence-corrected chi connectivity index (χ2v) is 3.83. The first-order valence-corrected chi connectivity index (χ1v) is 5.96. The molecule has 0 aliphatic heterocycles. The second-order valence-electron chi connectivity index (χ2n) is 3.83. The Labute approximate surface area is 93.5 Å². The molecule has 0 heterocycles. The van der Waals surface area contributed by atoms with Crippen LogP contribution in [0.1, 0.15) is 38.2 Å². The predicted octanol–water partition coefficient (Wildman–Crippen LogP) is 3.63. The summed E-state index contributed by atoms with van der Waals surface area (Å²) in [6.07, 6.45) is 6.15. The van der Waals surface area contributed by atoms with Gasteiger partial charge in [0, 0.05) is 6.61 Å². The summed E-state index contributed by atoms with van der Waals surface area (Å²) in [5.41, 5.74) is 1.34. The van der Waals surface area contributed by atoms with Gasteiger partial charge in [-0.3, -0.25) is 0 Å². The number of unbranched alkanes of at least 4 members (excludes halogenated alkanes) is 3. The molecule has 1 aromatic carbocycles. The summed E-state index contributed by atoms with van der Waals surface area (Å²) in [5, 5.41) is 0. The molecule has 0 spiro atoms. The Hall–Kier alpha value is -0.820. The number of benzene rings is 1. The Morgan fingerprint density at radius 1 is 1.07 bits per heavy atom. The van der Waals surface area contributed by atoms with Crippen molar-refractivity contribution < 1.29 is 4.74 Å². The molecular formula is C14H21O. The van der Waals surface area contributed by atoms with Gasteiger partial charge in [-0.2, -0.15) is 0 Å². The molecule has 15 heavy (non-hydrogen) atoms. The van der Waals surface area contributed by atoms with Crippen molar-refractivity contribution in [2.45, 2.75) is 39.0 Å². The lowest BCUT2D eigenvalue weighted by molar-refractivity contribution is 0.133. The topological polar surface area (TPSA) is 9.23 Å². The third kappa shape index (κ3) is 6.29. The van der Waals surface area contributed by atoms with Crippen molar-refractivity contribution in [1.82, 2.24) is 0 Å². The zero-order valence-electron chi connectivity index (χ0n) is 9.67. The molecule has 0 saturated heterocycles. The van der Waals surface area contributed by atoms with Crippen LogP contribution in [0, 0.1) is 6.07 Å². The molecule has 0 N–H and O–H groups in total. The largest absolute Gasteiger partial charge is 0.381 e. The molecule has 0 bridgehead atoms. The Morgan fingerprint density at radius 2 is 1.87 bits per heavy atom. The lowest BCUT2D eigenvalue weighted by atomic mass is 10.2. The van der Waals surface area contributed by atoms with E-state index in [0.29, 0.717) is 0 Å². The lowest BCUT2D eigenvalue weighted by Crippen LogP contribution is -2.00. The Balaban J connectivity index is 1.93. The lowest BCUT2D eigenvalue weighted by Gasteiger charge is -2.03. The van der Waals surface area contributed by atoms with Gasteiger partial charge in [0.25, 0.3) is 0 Å². The summed E-state index contributed by atoms with van der Waals surface area (Å²) in [5.74, 6) is 0. The maximum atomic E-state index is 5.57. The van der Waals surface area contributed by atoms with Gasteiger partial charge in [0.05, 0.1) is 6.61 Å². The van der Waals surface area contributed by atoms with E-state index in [1.807, 2.05) is 12.1 Å². The maximum absolute atomic E-state index is 5.57. The van der Waals surface area contributed by atoms with Crippen molar-refractivity contribution in [1.29, 1.82) is 0 Å². The van der Waals surface area contributed by atoms with Crippen molar-refractivity contribution in [2.24, 2.45) is 0 Å². The van der Waals surface area contributed by atoms with E-state index in [1.54, 1.807) is 0 Å². The van der Waals surface area contributed by atoms with Crippen LogP contribution in [0.4, 0.5) is 0 Å². The monoisotopic (exact) mass is 205 g/mol. The third-order valence-electron chi connectivity index (χ3n) is 2.46. The predicted molar refractivity (Wildman–Crippen MR) is 63.9 cm³/mol. The van der Waals surface area contributed by atoms with Gasteiger partial charge in [-0.05, 0) is 24.5 Å². The first-order valence-electron chi connectivity index (χ1n) is 5.96. The first kappa shape index (κ1) is 12.3. The smallest absolute Gasteiger partial charge is 0.0506 e. The maximum Gasteiger partial charge on any atom is 0.0506 e. The highest BCUT2D eigenvalue weighted by molar-refractivity contribution is 5.13. The zero-order chi connectivity index (χ0) is 10.8. The molecule has 0 saturated carbocycles. The quantitative estimate of drug-likeness (QED) is 0.589. The van der Waals surface area contributed by atoms with Gasteiger partial charge in [0.2, 0.25) is 0 Å². The first-order chi connectivity index (χ1) is 7.43. The van der Waals surface area contributed by atoms with Gasteiger partial charge < -0.3 is 4.74 Å². The van der Waals surface area contributed by atoms with Gasteiger partial charge in [0.15, 0.2) is 0 Å². The minimum absolute atomic E-state index is 0.843. The second kappa shape index (κ2) is 8.49. The summed E-state index contributed by atoms with van der Waals surface area (Å²) >= 11 is 0. The van der Waals surface area contributed by atoms with Crippen LogP contribution >= 0.6 is 0 Å². The summed E-state index contributed by atoms with van der Waals surface area (Å²) < 4.78 is 5.57. The average Bonchev–Trinajstić information content (AvgIpc) is 2.29.